The predicted octanol–water partition coefficient (Wildman–Crippen LogP) is 2.41. The van der Waals surface area contributed by atoms with Crippen LogP contribution in [0.4, 0.5) is 5.69 Å². The molecule has 1 aliphatic heterocycles. The lowest BCUT2D eigenvalue weighted by atomic mass is 9.99. The molecule has 1 aliphatic rings. The molecule has 0 saturated carbocycles. The van der Waals surface area contributed by atoms with Crippen molar-refractivity contribution in [3.05, 3.63) is 28.2 Å². The van der Waals surface area contributed by atoms with Gasteiger partial charge in [-0.15, -0.1) is 0 Å². The lowest BCUT2D eigenvalue weighted by Gasteiger charge is -2.29. The van der Waals surface area contributed by atoms with Gasteiger partial charge in [0, 0.05) is 42.5 Å². The number of hydrogen-bond acceptors (Lipinski definition) is 4. The zero-order valence-electron chi connectivity index (χ0n) is 11.6. The van der Waals surface area contributed by atoms with E-state index >= 15 is 0 Å². The highest BCUT2D eigenvalue weighted by atomic mass is 79.9. The lowest BCUT2D eigenvalue weighted by Crippen LogP contribution is -2.31. The van der Waals surface area contributed by atoms with Gasteiger partial charge in [-0.25, -0.2) is 0 Å². The van der Waals surface area contributed by atoms with Crippen LogP contribution < -0.4 is 10.6 Å². The van der Waals surface area contributed by atoms with Gasteiger partial charge >= 0.3 is 0 Å². The normalized spacial score (nSPS) is 17.2. The molecule has 20 heavy (non-hydrogen) atoms. The third-order valence-corrected chi connectivity index (χ3v) is 4.12. The number of hydrogen-bond donors (Lipinski definition) is 2. The van der Waals surface area contributed by atoms with E-state index in [1.807, 2.05) is 25.2 Å². The number of nitrogens with two attached hydrogens (primary N) is 1. The Labute approximate surface area is 127 Å². The van der Waals surface area contributed by atoms with Gasteiger partial charge in [-0.05, 0) is 37.0 Å². The Bertz CT molecular complexity index is 487. The summed E-state index contributed by atoms with van der Waals surface area (Å²) >= 11 is 3.41. The SMILES string of the molecule is CN(CC1CCOCC1)c1ccc(Br)cc1/C(N)=N/O. The van der Waals surface area contributed by atoms with Crippen molar-refractivity contribution >= 4 is 27.5 Å². The molecular formula is C14H20BrN3O2. The van der Waals surface area contributed by atoms with Crippen LogP contribution in [0.25, 0.3) is 0 Å². The summed E-state index contributed by atoms with van der Waals surface area (Å²) in [5.41, 5.74) is 7.47. The number of benzene rings is 1. The van der Waals surface area contributed by atoms with Crippen molar-refractivity contribution in [1.29, 1.82) is 0 Å². The molecule has 0 bridgehead atoms. The zero-order chi connectivity index (χ0) is 14.5. The van der Waals surface area contributed by atoms with Gasteiger partial charge in [-0.3, -0.25) is 0 Å². The van der Waals surface area contributed by atoms with Gasteiger partial charge in [0.1, 0.15) is 0 Å². The Morgan fingerprint density at radius 1 is 1.50 bits per heavy atom. The highest BCUT2D eigenvalue weighted by Gasteiger charge is 2.18. The van der Waals surface area contributed by atoms with E-state index in [1.54, 1.807) is 0 Å². The molecule has 1 heterocycles. The number of rotatable bonds is 4. The Hall–Kier alpha value is -1.27. The molecule has 0 spiro atoms. The first-order valence-corrected chi connectivity index (χ1v) is 7.47. The lowest BCUT2D eigenvalue weighted by molar-refractivity contribution is 0.0685. The maximum atomic E-state index is 8.92. The number of oxime groups is 1. The van der Waals surface area contributed by atoms with Crippen molar-refractivity contribution < 1.29 is 9.94 Å². The minimum Gasteiger partial charge on any atom is -0.409 e. The quantitative estimate of drug-likeness (QED) is 0.382. The van der Waals surface area contributed by atoms with Crippen LogP contribution in [0.5, 0.6) is 0 Å². The van der Waals surface area contributed by atoms with Crippen molar-refractivity contribution in [2.75, 3.05) is 31.7 Å². The Morgan fingerprint density at radius 2 is 2.20 bits per heavy atom. The van der Waals surface area contributed by atoms with Crippen LogP contribution in [-0.4, -0.2) is 37.8 Å². The third-order valence-electron chi connectivity index (χ3n) is 3.63. The van der Waals surface area contributed by atoms with Crippen molar-refractivity contribution in [1.82, 2.24) is 0 Å². The second kappa shape index (κ2) is 6.95. The van der Waals surface area contributed by atoms with Crippen molar-refractivity contribution in [2.24, 2.45) is 16.8 Å². The number of halogens is 1. The Balaban J connectivity index is 2.18. The highest BCUT2D eigenvalue weighted by Crippen LogP contribution is 2.26. The molecule has 1 aromatic carbocycles. The van der Waals surface area contributed by atoms with Gasteiger partial charge < -0.3 is 20.6 Å². The van der Waals surface area contributed by atoms with Crippen molar-refractivity contribution in [3.8, 4) is 0 Å². The van der Waals surface area contributed by atoms with Gasteiger partial charge in [-0.1, -0.05) is 21.1 Å². The standard InChI is InChI=1S/C14H20BrN3O2/c1-18(9-10-4-6-20-7-5-10)13-3-2-11(15)8-12(13)14(16)17-19/h2-3,8,10,19H,4-7,9H2,1H3,(H2,16,17). The maximum Gasteiger partial charge on any atom is 0.172 e. The summed E-state index contributed by atoms with van der Waals surface area (Å²) in [6, 6.07) is 5.81. The van der Waals surface area contributed by atoms with E-state index in [9.17, 15) is 0 Å². The summed E-state index contributed by atoms with van der Waals surface area (Å²) in [6.07, 6.45) is 2.17. The molecule has 5 nitrogen and oxygen atoms in total. The van der Waals surface area contributed by atoms with E-state index in [1.165, 1.54) is 0 Å². The molecule has 6 heteroatoms. The number of amidine groups is 1. The topological polar surface area (TPSA) is 71.1 Å². The summed E-state index contributed by atoms with van der Waals surface area (Å²) in [5.74, 6) is 0.748. The molecule has 1 saturated heterocycles. The molecule has 0 unspecified atom stereocenters. The van der Waals surface area contributed by atoms with E-state index in [2.05, 4.69) is 26.0 Å². The zero-order valence-corrected chi connectivity index (χ0v) is 13.1. The Morgan fingerprint density at radius 3 is 2.85 bits per heavy atom. The molecule has 0 aromatic heterocycles. The minimum atomic E-state index is 0.125. The summed E-state index contributed by atoms with van der Waals surface area (Å²) in [5, 5.41) is 12.0. The molecular weight excluding hydrogens is 322 g/mol. The smallest absolute Gasteiger partial charge is 0.172 e. The first-order chi connectivity index (χ1) is 9.61. The first-order valence-electron chi connectivity index (χ1n) is 6.68. The summed E-state index contributed by atoms with van der Waals surface area (Å²) in [6.45, 7) is 2.62. The monoisotopic (exact) mass is 341 g/mol. The highest BCUT2D eigenvalue weighted by molar-refractivity contribution is 9.10. The number of ether oxygens (including phenoxy) is 1. The molecule has 0 aliphatic carbocycles. The van der Waals surface area contributed by atoms with Crippen LogP contribution in [0.3, 0.4) is 0 Å². The van der Waals surface area contributed by atoms with Crippen molar-refractivity contribution in [2.45, 2.75) is 12.8 Å². The van der Waals surface area contributed by atoms with Crippen LogP contribution in [0, 0.1) is 5.92 Å². The first kappa shape index (κ1) is 15.1. The van der Waals surface area contributed by atoms with E-state index in [-0.39, 0.29) is 5.84 Å². The number of anilines is 1. The summed E-state index contributed by atoms with van der Waals surface area (Å²) < 4.78 is 6.29. The van der Waals surface area contributed by atoms with E-state index in [0.29, 0.717) is 5.92 Å². The fourth-order valence-corrected chi connectivity index (χ4v) is 2.88. The summed E-state index contributed by atoms with van der Waals surface area (Å²) in [4.78, 5) is 2.16. The Kier molecular flexibility index (Phi) is 5.25. The van der Waals surface area contributed by atoms with Crippen LogP contribution in [0.2, 0.25) is 0 Å². The average molecular weight is 342 g/mol. The minimum absolute atomic E-state index is 0.125. The average Bonchev–Trinajstić information content (AvgIpc) is 2.47. The van der Waals surface area contributed by atoms with Crippen LogP contribution in [0.15, 0.2) is 27.8 Å². The fourth-order valence-electron chi connectivity index (χ4n) is 2.51. The van der Waals surface area contributed by atoms with Gasteiger partial charge in [0.05, 0.1) is 0 Å². The maximum absolute atomic E-state index is 8.92. The molecule has 2 rings (SSSR count). The molecule has 0 atom stereocenters. The van der Waals surface area contributed by atoms with E-state index < -0.39 is 0 Å². The molecule has 3 N–H and O–H groups in total. The van der Waals surface area contributed by atoms with Gasteiger partial charge in [0.15, 0.2) is 5.84 Å². The van der Waals surface area contributed by atoms with Crippen LogP contribution >= 0.6 is 15.9 Å². The van der Waals surface area contributed by atoms with Crippen LogP contribution in [-0.2, 0) is 4.74 Å². The molecule has 0 radical (unpaired) electrons. The second-order valence-electron chi connectivity index (χ2n) is 5.08. The van der Waals surface area contributed by atoms with Crippen molar-refractivity contribution in [3.63, 3.8) is 0 Å². The predicted molar refractivity (Wildman–Crippen MR) is 83.5 cm³/mol. The molecule has 1 fully saturated rings. The van der Waals surface area contributed by atoms with E-state index in [0.717, 1.165) is 48.3 Å². The molecule has 0 amide bonds. The second-order valence-corrected chi connectivity index (χ2v) is 6.00. The fraction of sp³-hybridized carbons (Fsp3) is 0.500. The third kappa shape index (κ3) is 3.64. The largest absolute Gasteiger partial charge is 0.409 e. The van der Waals surface area contributed by atoms with Crippen LogP contribution in [0.1, 0.15) is 18.4 Å². The van der Waals surface area contributed by atoms with E-state index in [4.69, 9.17) is 15.7 Å². The molecule has 110 valence electrons. The van der Waals surface area contributed by atoms with Gasteiger partial charge in [0.25, 0.3) is 0 Å². The molecule has 1 aromatic rings. The van der Waals surface area contributed by atoms with Gasteiger partial charge in [0.2, 0.25) is 0 Å². The number of nitrogens with zero attached hydrogens (tertiary/aromatic N) is 2. The summed E-state index contributed by atoms with van der Waals surface area (Å²) in [7, 11) is 2.03. The van der Waals surface area contributed by atoms with Gasteiger partial charge in [-0.2, -0.15) is 0 Å².